The van der Waals surface area contributed by atoms with E-state index in [1.165, 1.54) is 0 Å². The van der Waals surface area contributed by atoms with Gasteiger partial charge in [0, 0.05) is 22.4 Å². The summed E-state index contributed by atoms with van der Waals surface area (Å²) in [5, 5.41) is 5.34. The van der Waals surface area contributed by atoms with E-state index in [1.54, 1.807) is 109 Å². The number of ether oxygens (including phenoxy) is 3. The van der Waals surface area contributed by atoms with Crippen LogP contribution in [0.5, 0.6) is 5.75 Å². The second-order valence-electron chi connectivity index (χ2n) is 12.4. The molecule has 0 radical (unpaired) electrons. The fourth-order valence-corrected chi connectivity index (χ4v) is 4.38. The Bertz CT molecular complexity index is 1450. The predicted molar refractivity (Wildman–Crippen MR) is 164 cm³/mol. The van der Waals surface area contributed by atoms with Gasteiger partial charge in [-0.15, -0.1) is 0 Å². The molecule has 1 atom stereocenters. The van der Waals surface area contributed by atoms with E-state index in [4.69, 9.17) is 14.2 Å². The zero-order chi connectivity index (χ0) is 32.7. The number of amides is 1. The normalized spacial score (nSPS) is 12.4. The first-order chi connectivity index (χ1) is 20.5. The van der Waals surface area contributed by atoms with Gasteiger partial charge in [0.15, 0.2) is 0 Å². The summed E-state index contributed by atoms with van der Waals surface area (Å²) in [7, 11) is 0. The SMILES string of the molecule is CC(NC(=O)OC(C)(C)C)c1cccc(-c2cc(COc3ccccc3CC(=O)OC(C)(C)C)cc(NCC(F)F)c2)c1F. The summed E-state index contributed by atoms with van der Waals surface area (Å²) in [5.74, 6) is -0.516. The molecule has 0 bridgehead atoms. The van der Waals surface area contributed by atoms with Gasteiger partial charge in [-0.3, -0.25) is 4.79 Å². The smallest absolute Gasteiger partial charge is 0.408 e. The highest BCUT2D eigenvalue weighted by Gasteiger charge is 2.22. The Morgan fingerprint density at radius 3 is 2.23 bits per heavy atom. The van der Waals surface area contributed by atoms with E-state index < -0.39 is 48.1 Å². The van der Waals surface area contributed by atoms with Crippen molar-refractivity contribution in [2.75, 3.05) is 11.9 Å². The lowest BCUT2D eigenvalue weighted by Crippen LogP contribution is -2.34. The highest BCUT2D eigenvalue weighted by molar-refractivity contribution is 5.74. The van der Waals surface area contributed by atoms with Crippen molar-refractivity contribution < 1.29 is 37.0 Å². The van der Waals surface area contributed by atoms with Crippen molar-refractivity contribution in [3.63, 3.8) is 0 Å². The quantitative estimate of drug-likeness (QED) is 0.212. The molecular weight excluding hydrogens is 573 g/mol. The number of rotatable bonds is 11. The number of nitrogens with one attached hydrogen (secondary N) is 2. The number of hydrogen-bond acceptors (Lipinski definition) is 6. The van der Waals surface area contributed by atoms with Gasteiger partial charge in [-0.1, -0.05) is 36.4 Å². The first-order valence-electron chi connectivity index (χ1n) is 14.4. The maximum atomic E-state index is 15.9. The van der Waals surface area contributed by atoms with Gasteiger partial charge in [0.1, 0.15) is 29.4 Å². The monoisotopic (exact) mass is 614 g/mol. The van der Waals surface area contributed by atoms with Gasteiger partial charge < -0.3 is 24.8 Å². The summed E-state index contributed by atoms with van der Waals surface area (Å²) in [6.45, 7) is 11.6. The van der Waals surface area contributed by atoms with E-state index in [0.29, 0.717) is 28.1 Å². The van der Waals surface area contributed by atoms with Crippen molar-refractivity contribution >= 4 is 17.7 Å². The van der Waals surface area contributed by atoms with Gasteiger partial charge in [0.25, 0.3) is 6.43 Å². The van der Waals surface area contributed by atoms with E-state index in [2.05, 4.69) is 10.6 Å². The molecule has 0 aliphatic rings. The Hall–Kier alpha value is -4.21. The number of hydrogen-bond donors (Lipinski definition) is 2. The van der Waals surface area contributed by atoms with Crippen LogP contribution in [-0.2, 0) is 27.3 Å². The molecule has 0 spiro atoms. The van der Waals surface area contributed by atoms with Gasteiger partial charge in [0.05, 0.1) is 19.0 Å². The first kappa shape index (κ1) is 34.3. The van der Waals surface area contributed by atoms with Crippen LogP contribution < -0.4 is 15.4 Å². The molecule has 0 aliphatic heterocycles. The minimum Gasteiger partial charge on any atom is -0.489 e. The lowest BCUT2D eigenvalue weighted by molar-refractivity contribution is -0.153. The molecule has 44 heavy (non-hydrogen) atoms. The molecule has 3 aromatic carbocycles. The number of para-hydroxylation sites is 1. The zero-order valence-electron chi connectivity index (χ0n) is 26.2. The van der Waals surface area contributed by atoms with Crippen molar-refractivity contribution in [3.8, 4) is 16.9 Å². The molecule has 1 amide bonds. The third-order valence-corrected chi connectivity index (χ3v) is 6.11. The highest BCUT2D eigenvalue weighted by atomic mass is 19.3. The van der Waals surface area contributed by atoms with Gasteiger partial charge in [-0.2, -0.15) is 0 Å². The molecule has 7 nitrogen and oxygen atoms in total. The fourth-order valence-electron chi connectivity index (χ4n) is 4.38. The van der Waals surface area contributed by atoms with Gasteiger partial charge in [-0.25, -0.2) is 18.0 Å². The Morgan fingerprint density at radius 1 is 0.886 bits per heavy atom. The van der Waals surface area contributed by atoms with E-state index in [-0.39, 0.29) is 24.2 Å². The molecule has 3 aromatic rings. The van der Waals surface area contributed by atoms with Crippen molar-refractivity contribution in [1.82, 2.24) is 5.32 Å². The molecule has 1 unspecified atom stereocenters. The molecule has 0 aliphatic carbocycles. The van der Waals surface area contributed by atoms with Crippen LogP contribution in [0.15, 0.2) is 60.7 Å². The van der Waals surface area contributed by atoms with Crippen LogP contribution in [0.3, 0.4) is 0 Å². The summed E-state index contributed by atoms with van der Waals surface area (Å²) >= 11 is 0. The summed E-state index contributed by atoms with van der Waals surface area (Å²) < 4.78 is 58.8. The van der Waals surface area contributed by atoms with Crippen LogP contribution in [0.4, 0.5) is 23.7 Å². The Morgan fingerprint density at radius 2 is 1.57 bits per heavy atom. The largest absolute Gasteiger partial charge is 0.489 e. The topological polar surface area (TPSA) is 85.9 Å². The average molecular weight is 615 g/mol. The molecule has 0 saturated carbocycles. The minimum absolute atomic E-state index is 0.00218. The van der Waals surface area contributed by atoms with E-state index in [0.717, 1.165) is 0 Å². The third-order valence-electron chi connectivity index (χ3n) is 6.11. The average Bonchev–Trinajstić information content (AvgIpc) is 2.89. The third kappa shape index (κ3) is 10.8. The molecule has 238 valence electrons. The van der Waals surface area contributed by atoms with Crippen molar-refractivity contribution in [1.29, 1.82) is 0 Å². The maximum absolute atomic E-state index is 15.9. The fraction of sp³-hybridized carbons (Fsp3) is 0.412. The van der Waals surface area contributed by atoms with Gasteiger partial charge in [0.2, 0.25) is 0 Å². The lowest BCUT2D eigenvalue weighted by Gasteiger charge is -2.22. The molecule has 0 aromatic heterocycles. The molecular formula is C34H41F3N2O5. The predicted octanol–water partition coefficient (Wildman–Crippen LogP) is 8.22. The minimum atomic E-state index is -2.60. The van der Waals surface area contributed by atoms with Crippen molar-refractivity contribution in [3.05, 3.63) is 83.2 Å². The standard InChI is InChI=1S/C34H41F3N2O5/c1-21(39-32(41)44-34(5,6)7)26-12-10-13-27(31(26)37)24-15-22(16-25(17-24)38-19-29(35)36)20-42-28-14-9-8-11-23(28)18-30(40)43-33(2,3)4/h8-17,21,29,38H,18-20H2,1-7H3,(H,39,41). The van der Waals surface area contributed by atoms with Crippen LogP contribution in [0.25, 0.3) is 11.1 Å². The number of alkyl carbamates (subject to hydrolysis) is 1. The second-order valence-corrected chi connectivity index (χ2v) is 12.4. The summed E-state index contributed by atoms with van der Waals surface area (Å²) in [6.07, 6.45) is -3.28. The summed E-state index contributed by atoms with van der Waals surface area (Å²) in [5.41, 5.74) is 1.08. The van der Waals surface area contributed by atoms with Crippen LogP contribution in [0, 0.1) is 5.82 Å². The molecule has 0 fully saturated rings. The maximum Gasteiger partial charge on any atom is 0.408 e. The summed E-state index contributed by atoms with van der Waals surface area (Å²) in [4.78, 5) is 24.7. The van der Waals surface area contributed by atoms with E-state index in [9.17, 15) is 18.4 Å². The number of benzene rings is 3. The number of esters is 1. The summed E-state index contributed by atoms with van der Waals surface area (Å²) in [6, 6.07) is 16.1. The Balaban J connectivity index is 1.90. The van der Waals surface area contributed by atoms with E-state index in [1.807, 2.05) is 0 Å². The molecule has 0 heterocycles. The molecule has 0 saturated heterocycles. The zero-order valence-corrected chi connectivity index (χ0v) is 26.2. The lowest BCUT2D eigenvalue weighted by atomic mass is 9.97. The number of carbonyl (C=O) groups is 2. The van der Waals surface area contributed by atoms with Gasteiger partial charge >= 0.3 is 12.1 Å². The highest BCUT2D eigenvalue weighted by Crippen LogP contribution is 2.32. The molecule has 2 N–H and O–H groups in total. The van der Waals surface area contributed by atoms with Crippen molar-refractivity contribution in [2.45, 2.75) is 85.2 Å². The number of carbonyl (C=O) groups excluding carboxylic acids is 2. The number of alkyl halides is 2. The molecule has 3 rings (SSSR count). The Kier molecular flexibility index (Phi) is 11.3. The first-order valence-corrected chi connectivity index (χ1v) is 14.4. The number of halogens is 3. The van der Waals surface area contributed by atoms with Crippen molar-refractivity contribution in [2.24, 2.45) is 0 Å². The van der Waals surface area contributed by atoms with Crippen LogP contribution >= 0.6 is 0 Å². The van der Waals surface area contributed by atoms with Gasteiger partial charge in [-0.05, 0) is 83.9 Å². The van der Waals surface area contributed by atoms with Crippen LogP contribution in [0.1, 0.15) is 71.2 Å². The Labute approximate surface area is 257 Å². The van der Waals surface area contributed by atoms with Crippen LogP contribution in [-0.4, -0.2) is 36.2 Å². The van der Waals surface area contributed by atoms with E-state index >= 15 is 4.39 Å². The van der Waals surface area contributed by atoms with Crippen LogP contribution in [0.2, 0.25) is 0 Å². The second kappa shape index (κ2) is 14.5. The number of anilines is 1. The molecule has 10 heteroatoms.